The minimum absolute atomic E-state index is 0.00918. The summed E-state index contributed by atoms with van der Waals surface area (Å²) in [5.41, 5.74) is 9.79. The zero-order valence-electron chi connectivity index (χ0n) is 17.5. The molecule has 0 saturated heterocycles. The standard InChI is InChI=1S/C24H26N4O2/c1-4-28-14-21-20(24(28)29)13-22(25)27-23(21)26-16(3)17-7-11-19(12-8-17)30-18-9-5-15(2)6-10-18/h5-13,16H,4,14H2,1-3H3,(H3,25,26,27)/t16-/m0/s1. The van der Waals surface area contributed by atoms with Gasteiger partial charge in [0.2, 0.25) is 0 Å². The third-order valence-electron chi connectivity index (χ3n) is 5.38. The number of nitrogens with zero attached hydrogens (tertiary/aromatic N) is 2. The Kier molecular flexibility index (Phi) is 5.31. The number of carbonyl (C=O) groups is 1. The molecule has 1 aromatic heterocycles. The van der Waals surface area contributed by atoms with Crippen LogP contribution < -0.4 is 15.8 Å². The molecule has 0 aliphatic carbocycles. The number of fused-ring (bicyclic) bond motifs is 1. The lowest BCUT2D eigenvalue weighted by Gasteiger charge is -2.18. The van der Waals surface area contributed by atoms with Crippen molar-refractivity contribution in [3.05, 3.63) is 76.9 Å². The molecule has 1 amide bonds. The monoisotopic (exact) mass is 402 g/mol. The number of carbonyl (C=O) groups excluding carboxylic acids is 1. The van der Waals surface area contributed by atoms with Crippen LogP contribution in [-0.4, -0.2) is 22.3 Å². The summed E-state index contributed by atoms with van der Waals surface area (Å²) >= 11 is 0. The first kappa shape index (κ1) is 19.8. The van der Waals surface area contributed by atoms with Gasteiger partial charge in [-0.1, -0.05) is 29.8 Å². The number of nitrogens with two attached hydrogens (primary N) is 1. The van der Waals surface area contributed by atoms with Gasteiger partial charge in [-0.2, -0.15) is 0 Å². The van der Waals surface area contributed by atoms with Crippen molar-refractivity contribution >= 4 is 17.5 Å². The highest BCUT2D eigenvalue weighted by molar-refractivity contribution is 6.00. The van der Waals surface area contributed by atoms with Gasteiger partial charge < -0.3 is 20.7 Å². The summed E-state index contributed by atoms with van der Waals surface area (Å²) in [6.07, 6.45) is 0. The van der Waals surface area contributed by atoms with E-state index >= 15 is 0 Å². The average Bonchev–Trinajstić information content (AvgIpc) is 3.06. The van der Waals surface area contributed by atoms with Gasteiger partial charge in [0.25, 0.3) is 5.91 Å². The second-order valence-corrected chi connectivity index (χ2v) is 7.59. The zero-order valence-corrected chi connectivity index (χ0v) is 17.5. The number of hydrogen-bond acceptors (Lipinski definition) is 5. The van der Waals surface area contributed by atoms with E-state index < -0.39 is 0 Å². The van der Waals surface area contributed by atoms with Crippen LogP contribution in [0.2, 0.25) is 0 Å². The Balaban J connectivity index is 1.50. The lowest BCUT2D eigenvalue weighted by molar-refractivity contribution is 0.0787. The van der Waals surface area contributed by atoms with Crippen molar-refractivity contribution in [2.75, 3.05) is 17.6 Å². The van der Waals surface area contributed by atoms with E-state index in [2.05, 4.69) is 17.2 Å². The van der Waals surface area contributed by atoms with Crippen molar-refractivity contribution < 1.29 is 9.53 Å². The molecular weight excluding hydrogens is 376 g/mol. The highest BCUT2D eigenvalue weighted by Crippen LogP contribution is 2.32. The fraction of sp³-hybridized carbons (Fsp3) is 0.250. The van der Waals surface area contributed by atoms with Crippen LogP contribution in [0.1, 0.15) is 46.9 Å². The summed E-state index contributed by atoms with van der Waals surface area (Å²) in [4.78, 5) is 18.7. The van der Waals surface area contributed by atoms with Crippen LogP contribution in [0.5, 0.6) is 11.5 Å². The zero-order chi connectivity index (χ0) is 21.3. The van der Waals surface area contributed by atoms with Crippen molar-refractivity contribution in [3.63, 3.8) is 0 Å². The van der Waals surface area contributed by atoms with E-state index in [0.29, 0.717) is 30.3 Å². The molecule has 0 unspecified atom stereocenters. The Bertz CT molecular complexity index is 1060. The van der Waals surface area contributed by atoms with E-state index in [0.717, 1.165) is 22.6 Å². The smallest absolute Gasteiger partial charge is 0.254 e. The number of aryl methyl sites for hydroxylation is 1. The Morgan fingerprint density at radius 3 is 2.40 bits per heavy atom. The van der Waals surface area contributed by atoms with Gasteiger partial charge in [0, 0.05) is 18.2 Å². The van der Waals surface area contributed by atoms with Crippen molar-refractivity contribution in [1.29, 1.82) is 0 Å². The number of nitrogen functional groups attached to an aromatic ring is 1. The van der Waals surface area contributed by atoms with Crippen LogP contribution in [0.25, 0.3) is 0 Å². The molecule has 1 aliphatic heterocycles. The van der Waals surface area contributed by atoms with E-state index in [9.17, 15) is 4.79 Å². The second kappa shape index (κ2) is 8.06. The van der Waals surface area contributed by atoms with Gasteiger partial charge in [0.05, 0.1) is 12.1 Å². The van der Waals surface area contributed by atoms with Gasteiger partial charge in [-0.3, -0.25) is 4.79 Å². The molecule has 6 nitrogen and oxygen atoms in total. The number of amides is 1. The van der Waals surface area contributed by atoms with Crippen LogP contribution in [0.4, 0.5) is 11.6 Å². The van der Waals surface area contributed by atoms with Gasteiger partial charge in [-0.15, -0.1) is 0 Å². The molecule has 6 heteroatoms. The first-order chi connectivity index (χ1) is 14.4. The molecule has 2 aromatic carbocycles. The first-order valence-electron chi connectivity index (χ1n) is 10.1. The Hall–Kier alpha value is -3.54. The second-order valence-electron chi connectivity index (χ2n) is 7.59. The number of hydrogen-bond donors (Lipinski definition) is 2. The van der Waals surface area contributed by atoms with E-state index in [4.69, 9.17) is 10.5 Å². The topological polar surface area (TPSA) is 80.5 Å². The highest BCUT2D eigenvalue weighted by Gasteiger charge is 2.30. The Labute approximate surface area is 176 Å². The molecule has 0 spiro atoms. The van der Waals surface area contributed by atoms with E-state index in [1.165, 1.54) is 5.56 Å². The van der Waals surface area contributed by atoms with Crippen molar-refractivity contribution in [2.24, 2.45) is 0 Å². The molecule has 2 heterocycles. The number of rotatable bonds is 6. The molecule has 1 aliphatic rings. The molecule has 3 N–H and O–H groups in total. The van der Waals surface area contributed by atoms with Crippen molar-refractivity contribution in [1.82, 2.24) is 9.88 Å². The van der Waals surface area contributed by atoms with Crippen LogP contribution in [-0.2, 0) is 6.54 Å². The van der Waals surface area contributed by atoms with Gasteiger partial charge in [-0.25, -0.2) is 4.98 Å². The number of anilines is 2. The quantitative estimate of drug-likeness (QED) is 0.612. The maximum Gasteiger partial charge on any atom is 0.254 e. The molecule has 0 fully saturated rings. The van der Waals surface area contributed by atoms with Gasteiger partial charge >= 0.3 is 0 Å². The maximum atomic E-state index is 12.5. The van der Waals surface area contributed by atoms with Crippen molar-refractivity contribution in [2.45, 2.75) is 33.4 Å². The largest absolute Gasteiger partial charge is 0.457 e. The van der Waals surface area contributed by atoms with Gasteiger partial charge in [0.15, 0.2) is 0 Å². The third-order valence-corrected chi connectivity index (χ3v) is 5.38. The molecule has 154 valence electrons. The first-order valence-corrected chi connectivity index (χ1v) is 10.1. The molecule has 3 aromatic rings. The normalized spacial score (nSPS) is 13.8. The molecule has 0 bridgehead atoms. The Morgan fingerprint density at radius 1 is 1.13 bits per heavy atom. The number of benzene rings is 2. The van der Waals surface area contributed by atoms with E-state index in [1.54, 1.807) is 11.0 Å². The summed E-state index contributed by atoms with van der Waals surface area (Å²) in [6, 6.07) is 17.6. The molecule has 1 atom stereocenters. The lowest BCUT2D eigenvalue weighted by atomic mass is 10.1. The Morgan fingerprint density at radius 2 is 1.77 bits per heavy atom. The van der Waals surface area contributed by atoms with Gasteiger partial charge in [-0.05, 0) is 56.7 Å². The highest BCUT2D eigenvalue weighted by atomic mass is 16.5. The molecule has 0 saturated carbocycles. The predicted molar refractivity (Wildman–Crippen MR) is 119 cm³/mol. The fourth-order valence-electron chi connectivity index (χ4n) is 3.61. The summed E-state index contributed by atoms with van der Waals surface area (Å²) in [5, 5.41) is 3.43. The van der Waals surface area contributed by atoms with Gasteiger partial charge in [0.1, 0.15) is 23.1 Å². The number of pyridine rings is 1. The lowest BCUT2D eigenvalue weighted by Crippen LogP contribution is -2.23. The molecule has 0 radical (unpaired) electrons. The number of nitrogens with one attached hydrogen (secondary N) is 1. The number of aromatic nitrogens is 1. The molecule has 4 rings (SSSR count). The van der Waals surface area contributed by atoms with Crippen molar-refractivity contribution in [3.8, 4) is 11.5 Å². The number of ether oxygens (including phenoxy) is 1. The summed E-state index contributed by atoms with van der Waals surface area (Å²) in [5.74, 6) is 2.61. The predicted octanol–water partition coefficient (Wildman–Crippen LogP) is 4.91. The van der Waals surface area contributed by atoms with Crippen LogP contribution >= 0.6 is 0 Å². The summed E-state index contributed by atoms with van der Waals surface area (Å²) in [7, 11) is 0. The maximum absolute atomic E-state index is 12.5. The molecular formula is C24H26N4O2. The minimum atomic E-state index is -0.0115. The fourth-order valence-corrected chi connectivity index (χ4v) is 3.61. The van der Waals surface area contributed by atoms with Crippen LogP contribution in [0, 0.1) is 6.92 Å². The summed E-state index contributed by atoms with van der Waals surface area (Å²) in [6.45, 7) is 7.28. The molecule has 30 heavy (non-hydrogen) atoms. The van der Waals surface area contributed by atoms with E-state index in [-0.39, 0.29) is 11.9 Å². The van der Waals surface area contributed by atoms with Crippen LogP contribution in [0.3, 0.4) is 0 Å². The average molecular weight is 402 g/mol. The minimum Gasteiger partial charge on any atom is -0.457 e. The SMILES string of the molecule is CCN1Cc2c(cc(N)nc2N[C@@H](C)c2ccc(Oc3ccc(C)cc3)cc2)C1=O. The van der Waals surface area contributed by atoms with E-state index in [1.807, 2.05) is 62.4 Å². The summed E-state index contributed by atoms with van der Waals surface area (Å²) < 4.78 is 5.91. The van der Waals surface area contributed by atoms with Crippen LogP contribution in [0.15, 0.2) is 54.6 Å². The third kappa shape index (κ3) is 3.94.